The van der Waals surface area contributed by atoms with Gasteiger partial charge in [-0.25, -0.2) is 4.99 Å². The zero-order valence-electron chi connectivity index (χ0n) is 32.1. The molecule has 53 heavy (non-hydrogen) atoms. The van der Waals surface area contributed by atoms with E-state index in [1.807, 2.05) is 6.20 Å². The van der Waals surface area contributed by atoms with Crippen LogP contribution in [-0.4, -0.2) is 21.0 Å². The van der Waals surface area contributed by atoms with Crippen LogP contribution in [0.5, 0.6) is 0 Å². The summed E-state index contributed by atoms with van der Waals surface area (Å²) in [4.78, 5) is 10.4. The Bertz CT molecular complexity index is 2620. The highest BCUT2D eigenvalue weighted by Gasteiger charge is 2.52. The van der Waals surface area contributed by atoms with Crippen LogP contribution in [0.15, 0.2) is 126 Å². The van der Waals surface area contributed by atoms with Crippen LogP contribution in [-0.2, 0) is 15.6 Å². The average molecular weight is 694 g/mol. The van der Waals surface area contributed by atoms with Crippen LogP contribution >= 0.6 is 0 Å². The van der Waals surface area contributed by atoms with E-state index in [4.69, 9.17) is 14.7 Å². The molecular formula is C49H47N3O. The van der Waals surface area contributed by atoms with Crippen molar-refractivity contribution >= 4 is 27.7 Å². The minimum Gasteiger partial charge on any atom is -0.467 e. The first kappa shape index (κ1) is 33.4. The van der Waals surface area contributed by atoms with Crippen molar-refractivity contribution in [3.8, 4) is 28.1 Å². The molecule has 0 saturated heterocycles. The second kappa shape index (κ2) is 11.8. The zero-order valence-corrected chi connectivity index (χ0v) is 32.1. The third-order valence-electron chi connectivity index (χ3n) is 11.5. The molecule has 264 valence electrons. The fourth-order valence-electron chi connectivity index (χ4n) is 9.46. The van der Waals surface area contributed by atoms with E-state index in [1.54, 1.807) is 0 Å². The van der Waals surface area contributed by atoms with Gasteiger partial charge in [0.1, 0.15) is 5.54 Å². The molecule has 7 aromatic rings. The fraction of sp³-hybridized carbons (Fsp3) is 0.265. The molecule has 2 atom stereocenters. The lowest BCUT2D eigenvalue weighted by Gasteiger charge is -2.44. The highest BCUT2D eigenvalue weighted by molar-refractivity contribution is 6.10. The van der Waals surface area contributed by atoms with Gasteiger partial charge in [-0.1, -0.05) is 113 Å². The number of hydrogen-bond donors (Lipinski definition) is 0. The van der Waals surface area contributed by atoms with Gasteiger partial charge in [-0.15, -0.1) is 0 Å². The summed E-state index contributed by atoms with van der Waals surface area (Å²) >= 11 is 0. The van der Waals surface area contributed by atoms with Crippen molar-refractivity contribution in [1.29, 1.82) is 0 Å². The number of nitrogens with zero attached hydrogens (tertiary/aromatic N) is 3. The Kier molecular flexibility index (Phi) is 7.41. The van der Waals surface area contributed by atoms with Crippen molar-refractivity contribution in [3.05, 3.63) is 155 Å². The number of aryl methyl sites for hydroxylation is 2. The number of ether oxygens (including phenoxy) is 1. The second-order valence-electron chi connectivity index (χ2n) is 17.3. The summed E-state index contributed by atoms with van der Waals surface area (Å²) in [7, 11) is 0. The Labute approximate surface area is 313 Å². The molecule has 0 fully saturated rings. The van der Waals surface area contributed by atoms with Gasteiger partial charge in [-0.05, 0) is 114 Å². The molecule has 0 N–H and O–H groups in total. The lowest BCUT2D eigenvalue weighted by atomic mass is 9.63. The Morgan fingerprint density at radius 2 is 1.43 bits per heavy atom. The van der Waals surface area contributed by atoms with E-state index in [1.165, 1.54) is 38.6 Å². The molecular weight excluding hydrogens is 647 g/mol. The molecule has 1 aliphatic carbocycles. The molecule has 0 bridgehead atoms. The number of rotatable bonds is 4. The molecule has 0 radical (unpaired) electrons. The van der Waals surface area contributed by atoms with Crippen LogP contribution in [0.25, 0.3) is 49.9 Å². The molecule has 4 nitrogen and oxygen atoms in total. The van der Waals surface area contributed by atoms with Crippen molar-refractivity contribution in [2.24, 2.45) is 4.99 Å². The van der Waals surface area contributed by atoms with Crippen molar-refractivity contribution in [2.45, 2.75) is 84.3 Å². The molecule has 2 aromatic heterocycles. The van der Waals surface area contributed by atoms with Crippen molar-refractivity contribution in [2.75, 3.05) is 0 Å². The van der Waals surface area contributed by atoms with Crippen LogP contribution in [0, 0.1) is 13.8 Å². The maximum atomic E-state index is 7.07. The van der Waals surface area contributed by atoms with Crippen molar-refractivity contribution in [3.63, 3.8) is 0 Å². The zero-order chi connectivity index (χ0) is 36.9. The van der Waals surface area contributed by atoms with Gasteiger partial charge >= 0.3 is 0 Å². The molecule has 0 spiro atoms. The monoisotopic (exact) mass is 693 g/mol. The fourth-order valence-corrected chi connectivity index (χ4v) is 9.46. The van der Waals surface area contributed by atoms with E-state index in [9.17, 15) is 0 Å². The molecule has 3 heterocycles. The summed E-state index contributed by atoms with van der Waals surface area (Å²) < 4.78 is 9.48. The third-order valence-corrected chi connectivity index (χ3v) is 11.5. The number of aliphatic imine (C=N–C) groups is 1. The molecule has 0 amide bonds. The quantitative estimate of drug-likeness (QED) is 0.184. The molecule has 1 aliphatic heterocycles. The Balaban J connectivity index is 1.25. The lowest BCUT2D eigenvalue weighted by molar-refractivity contribution is 0.108. The molecule has 0 unspecified atom stereocenters. The minimum atomic E-state index is -0.384. The second-order valence-corrected chi connectivity index (χ2v) is 17.3. The molecule has 4 heteroatoms. The summed E-state index contributed by atoms with van der Waals surface area (Å²) in [6.07, 6.45) is 2.71. The Hall–Kier alpha value is -5.48. The molecule has 9 rings (SSSR count). The number of pyridine rings is 1. The maximum absolute atomic E-state index is 7.07. The number of hydrogen-bond acceptors (Lipinski definition) is 3. The molecule has 2 aliphatic rings. The van der Waals surface area contributed by atoms with E-state index in [-0.39, 0.29) is 22.5 Å². The van der Waals surface area contributed by atoms with Gasteiger partial charge in [-0.3, -0.25) is 4.98 Å². The number of benzene rings is 5. The van der Waals surface area contributed by atoms with Gasteiger partial charge in [-0.2, -0.15) is 0 Å². The van der Waals surface area contributed by atoms with Gasteiger partial charge in [0.25, 0.3) is 0 Å². The van der Waals surface area contributed by atoms with E-state index in [0.29, 0.717) is 5.90 Å². The standard InChI is InChI=1S/C49H47N3O/c1-30-22-31(2)44-40(23-30)45-49(8,29-48(44,6)7)51-46(53-45)35-24-34(32-14-10-9-11-15-32)25-37(26-35)52-42-17-13-12-16-38(42)39-19-18-33(27-43(39)52)41-28-36(20-21-50-41)47(3,4)5/h9-28,45H,29H2,1-8H3/t45-,49+/m0/s1. The smallest absolute Gasteiger partial charge is 0.217 e. The van der Waals surface area contributed by atoms with E-state index < -0.39 is 0 Å². The third kappa shape index (κ3) is 5.50. The first-order chi connectivity index (χ1) is 25.3. The van der Waals surface area contributed by atoms with Gasteiger partial charge in [0.15, 0.2) is 6.10 Å². The van der Waals surface area contributed by atoms with E-state index >= 15 is 0 Å². The van der Waals surface area contributed by atoms with E-state index in [2.05, 4.69) is 175 Å². The Morgan fingerprint density at radius 3 is 2.23 bits per heavy atom. The normalized spacial score (nSPS) is 19.2. The predicted octanol–water partition coefficient (Wildman–Crippen LogP) is 12.4. The minimum absolute atomic E-state index is 0.0278. The lowest BCUT2D eigenvalue weighted by Crippen LogP contribution is -2.42. The highest BCUT2D eigenvalue weighted by atomic mass is 16.5. The topological polar surface area (TPSA) is 39.4 Å². The highest BCUT2D eigenvalue weighted by Crippen LogP contribution is 2.54. The van der Waals surface area contributed by atoms with Crippen molar-refractivity contribution < 1.29 is 4.74 Å². The van der Waals surface area contributed by atoms with E-state index in [0.717, 1.165) is 51.1 Å². The van der Waals surface area contributed by atoms with Gasteiger partial charge in [0, 0.05) is 33.8 Å². The summed E-state index contributed by atoms with van der Waals surface area (Å²) in [5.41, 5.74) is 14.9. The first-order valence-electron chi connectivity index (χ1n) is 18.9. The number of para-hydroxylation sites is 1. The summed E-state index contributed by atoms with van der Waals surface area (Å²) in [6.45, 7) is 18.2. The van der Waals surface area contributed by atoms with Gasteiger partial charge < -0.3 is 9.30 Å². The first-order valence-corrected chi connectivity index (χ1v) is 18.9. The van der Waals surface area contributed by atoms with Crippen molar-refractivity contribution in [1.82, 2.24) is 9.55 Å². The van der Waals surface area contributed by atoms with Gasteiger partial charge in [0.05, 0.1) is 16.7 Å². The number of aromatic nitrogens is 2. The summed E-state index contributed by atoms with van der Waals surface area (Å²) in [6, 6.07) is 42.0. The maximum Gasteiger partial charge on any atom is 0.217 e. The SMILES string of the molecule is Cc1cc(C)c2c(c1)[C@@H]1OC(c3cc(-c4ccccc4)cc(-n4c5ccccc5c5ccc(-c6cc(C(C)(C)C)ccn6)cc54)c3)=N[C@]1(C)CC2(C)C. The van der Waals surface area contributed by atoms with Crippen LogP contribution in [0.1, 0.15) is 87.4 Å². The summed E-state index contributed by atoms with van der Waals surface area (Å²) in [5, 5.41) is 2.43. The molecule has 5 aromatic carbocycles. The van der Waals surface area contributed by atoms with Crippen LogP contribution in [0.4, 0.5) is 0 Å². The molecule has 0 saturated carbocycles. The largest absolute Gasteiger partial charge is 0.467 e. The Morgan fingerprint density at radius 1 is 0.698 bits per heavy atom. The predicted molar refractivity (Wildman–Crippen MR) is 220 cm³/mol. The van der Waals surface area contributed by atoms with Crippen LogP contribution < -0.4 is 0 Å². The number of fused-ring (bicyclic) bond motifs is 6. The summed E-state index contributed by atoms with van der Waals surface area (Å²) in [5.74, 6) is 0.712. The average Bonchev–Trinajstić information content (AvgIpc) is 3.65. The van der Waals surface area contributed by atoms with Crippen LogP contribution in [0.3, 0.4) is 0 Å². The van der Waals surface area contributed by atoms with Crippen LogP contribution in [0.2, 0.25) is 0 Å². The van der Waals surface area contributed by atoms with Gasteiger partial charge in [0.2, 0.25) is 5.90 Å².